The molecule has 0 unspecified atom stereocenters. The van der Waals surface area contributed by atoms with E-state index in [0.29, 0.717) is 96.7 Å². The Labute approximate surface area is 897 Å². The number of methoxy groups -OCH3 is 3. The molecule has 0 bridgehead atoms. The molecule has 0 aliphatic heterocycles. The summed E-state index contributed by atoms with van der Waals surface area (Å²) in [5.74, 6) is 3.45. The molecule has 792 valence electrons. The number of halogens is 8. The summed E-state index contributed by atoms with van der Waals surface area (Å²) in [4.78, 5) is 11.7. The van der Waals surface area contributed by atoms with Crippen LogP contribution in [0.3, 0.4) is 0 Å². The van der Waals surface area contributed by atoms with Gasteiger partial charge in [-0.05, 0) is 357 Å². The highest BCUT2D eigenvalue weighted by molar-refractivity contribution is 6.33. The van der Waals surface area contributed by atoms with Gasteiger partial charge in [-0.25, -0.2) is 32.5 Å². The molecule has 0 fully saturated rings. The minimum absolute atomic E-state index is 0.178. The van der Waals surface area contributed by atoms with E-state index < -0.39 is 0 Å². The number of hydrogen-bond acceptors (Lipinski definition) is 19. The van der Waals surface area contributed by atoms with Crippen molar-refractivity contribution in [3.63, 3.8) is 0 Å². The Balaban J connectivity index is 0.000000790. The van der Waals surface area contributed by atoms with Crippen LogP contribution < -0.4 is 88.7 Å². The zero-order chi connectivity index (χ0) is 111. The molecule has 0 atom stereocenters. The second kappa shape index (κ2) is 76.9. The Morgan fingerprint density at radius 2 is 0.676 bits per heavy atom. The summed E-state index contributed by atoms with van der Waals surface area (Å²) in [6, 6.07) is 97.5. The summed E-state index contributed by atoms with van der Waals surface area (Å²) in [5, 5.41) is 2.75. The summed E-state index contributed by atoms with van der Waals surface area (Å²) in [6.45, 7) is 36.2. The first-order valence-corrected chi connectivity index (χ1v) is 49.0. The van der Waals surface area contributed by atoms with Gasteiger partial charge in [0.05, 0.1) is 37.1 Å². The topological polar surface area (TPSA) is 405 Å². The van der Waals surface area contributed by atoms with E-state index in [1.807, 2.05) is 264 Å². The van der Waals surface area contributed by atoms with Gasteiger partial charge in [-0.1, -0.05) is 239 Å². The number of nitrogens with two attached hydrogens (primary N) is 13. The normalized spacial score (nSPS) is 9.57. The van der Waals surface area contributed by atoms with Crippen LogP contribution in [-0.4, -0.2) is 36.3 Å². The summed E-state index contributed by atoms with van der Waals surface area (Å²) >= 11 is 22.5. The number of nitrogen functional groups attached to an aromatic ring is 4. The molecular weight excluding hydrogens is 1940 g/mol. The average molecular weight is 2100 g/mol. The van der Waals surface area contributed by atoms with Gasteiger partial charge in [0.15, 0.2) is 0 Å². The van der Waals surface area contributed by atoms with E-state index in [4.69, 9.17) is 135 Å². The maximum absolute atomic E-state index is 12.8. The second-order valence-electron chi connectivity index (χ2n) is 33.4. The minimum Gasteiger partial charge on any atom is -0.497 e. The predicted molar refractivity (Wildman–Crippen MR) is 620 cm³/mol. The number of hydrogen-bond donors (Lipinski definition) is 13. The number of ether oxygens (including phenoxy) is 3. The van der Waals surface area contributed by atoms with Gasteiger partial charge in [-0.3, -0.25) is 0 Å². The third kappa shape index (κ3) is 58.7. The fraction of sp³-hybridized carbons (Fsp3) is 0.231. The van der Waals surface area contributed by atoms with Crippen molar-refractivity contribution in [2.24, 2.45) is 51.6 Å². The van der Waals surface area contributed by atoms with Crippen molar-refractivity contribution in [1.29, 1.82) is 0 Å². The average Bonchev–Trinajstić information content (AvgIpc) is 0.831. The zero-order valence-electron chi connectivity index (χ0n) is 89.1. The van der Waals surface area contributed by atoms with Crippen LogP contribution in [-0.2, 0) is 58.9 Å². The lowest BCUT2D eigenvalue weighted by molar-refractivity contribution is 0.414. The van der Waals surface area contributed by atoms with E-state index >= 15 is 0 Å². The monoisotopic (exact) mass is 2100 g/mol. The van der Waals surface area contributed by atoms with Crippen LogP contribution in [0, 0.1) is 134 Å². The van der Waals surface area contributed by atoms with Crippen LogP contribution in [0.15, 0.2) is 322 Å². The Bertz CT molecular complexity index is 6120. The van der Waals surface area contributed by atoms with Gasteiger partial charge >= 0.3 is 0 Å². The molecule has 0 spiro atoms. The quantitative estimate of drug-likeness (QED) is 0.0399. The van der Waals surface area contributed by atoms with Crippen molar-refractivity contribution < 1.29 is 31.8 Å². The number of aromatic nitrogens is 3. The maximum atomic E-state index is 12.8. The van der Waals surface area contributed by atoms with Gasteiger partial charge in [-0.15, -0.1) is 0 Å². The predicted octanol–water partition coefficient (Wildman–Crippen LogP) is 26.8. The molecule has 0 radical (unpaired) electrons. The van der Waals surface area contributed by atoms with Crippen molar-refractivity contribution >= 4 is 69.5 Å². The lowest BCUT2D eigenvalue weighted by Gasteiger charge is -2.04. The van der Waals surface area contributed by atoms with Gasteiger partial charge in [0.1, 0.15) is 58.0 Å². The van der Waals surface area contributed by atoms with Crippen LogP contribution in [0.1, 0.15) is 139 Å². The van der Waals surface area contributed by atoms with Crippen molar-refractivity contribution in [2.45, 2.75) is 170 Å². The van der Waals surface area contributed by atoms with E-state index in [1.165, 1.54) is 103 Å². The minimum atomic E-state index is -0.217. The SMILES string of the molecule is COc1ccc(C)c(CN)c1.COc1ccc(C)cc1.COc1ccc(CN)c(C)c1.Cc1c(F)cccc1CN.Cc1cc(F)ccc1CN.Cc1ccc(CN)cc1.Cc1ccc(Cl)c(N)c1.Cc1ccc(Cl)c(N)n1.Cc1ccc(Cl)cc1.Cc1ccc(F)cc1CN.Cc1cccc(CN)c1.Cc1cccc(Cl)c1.Cc1cccc(F)c1CN.Cc1cccc(N)n1.Cc1ccccc1CN.Cc1ccnc(N)c1. The lowest BCUT2D eigenvalue weighted by Crippen LogP contribution is -2.01. The molecule has 16 aromatic rings. The molecule has 3 aromatic heterocycles. The maximum Gasteiger partial charge on any atom is 0.142 e. The van der Waals surface area contributed by atoms with Crippen LogP contribution in [0.5, 0.6) is 17.2 Å². The van der Waals surface area contributed by atoms with E-state index in [-0.39, 0.29) is 29.8 Å². The van der Waals surface area contributed by atoms with Gasteiger partial charge in [-0.2, -0.15) is 0 Å². The third-order valence-electron chi connectivity index (χ3n) is 21.2. The molecule has 0 aliphatic carbocycles. The highest BCUT2D eigenvalue weighted by Crippen LogP contribution is 2.23. The fourth-order valence-electron chi connectivity index (χ4n) is 12.1. The summed E-state index contributed by atoms with van der Waals surface area (Å²) in [6.07, 6.45) is 1.70. The van der Waals surface area contributed by atoms with Crippen molar-refractivity contribution in [3.8, 4) is 17.2 Å². The van der Waals surface area contributed by atoms with Gasteiger partial charge in [0.2, 0.25) is 0 Å². The first-order chi connectivity index (χ1) is 70.4. The largest absolute Gasteiger partial charge is 0.497 e. The molecule has 0 amide bonds. The molecular formula is C121H154Cl4F4N16O3. The standard InChI is InChI=1S/2C9H13NO.4C8H10FN.3C8H11N.C8H10O.C7H8ClN.2C7H7Cl.C6H7ClN2.2C6H8N2/c1-7-5-9(11-2)4-3-8(7)6-10;1-7-3-4-9(11-2)5-8(7)6-10;1-6-4-8(9)3-2-7(6)5-10;1-6-2-3-8(9)4-7(6)5-10;1-6-7(5-10)3-2-4-8(6)9;1-6-3-2-4-8(9)7(6)5-10;1-7-2-4-8(6-9)5-3-7;1-7-3-2-4-8(5-7)6-9;1-7-4-2-3-5-8(7)6-9;1-7-3-5-8(9-2)6-4-7;1-5-2-3-6(8)7(9)4-5;1-6-2-4-7(8)5-3-6;1-6-3-2-4-7(8)5-6;1-4-2-3-5(7)6(8)9-4;1-5-2-3-8-6(7)4-5;1-5-3-2-4-6(7)8-5/h2*3-5H,6,10H2,1-2H3;4*2-4H,5,10H2,1H3;3*2-5H,6,9H2,1H3;3-6H,1-2H3;2-4H,9H2,1H3;2*2-5H,1H3;2-3H,1H3,(H2,8,9);2*2-4H,1H3,(H2,7,8). The molecule has 0 aliphatic rings. The highest BCUT2D eigenvalue weighted by Gasteiger charge is 2.06. The Morgan fingerprint density at radius 3 is 1.09 bits per heavy atom. The van der Waals surface area contributed by atoms with Crippen LogP contribution in [0.25, 0.3) is 0 Å². The smallest absolute Gasteiger partial charge is 0.142 e. The van der Waals surface area contributed by atoms with Crippen LogP contribution in [0.4, 0.5) is 40.7 Å². The Hall–Kier alpha value is -13.6. The number of pyridine rings is 3. The number of benzene rings is 13. The molecule has 26 N–H and O–H groups in total. The second-order valence-corrected chi connectivity index (χ2v) is 35.1. The molecule has 27 heteroatoms. The van der Waals surface area contributed by atoms with Gasteiger partial charge in [0.25, 0.3) is 0 Å². The zero-order valence-corrected chi connectivity index (χ0v) is 92.1. The van der Waals surface area contributed by atoms with Gasteiger partial charge in [0, 0.05) is 92.1 Å². The van der Waals surface area contributed by atoms with E-state index in [1.54, 1.807) is 76.9 Å². The van der Waals surface area contributed by atoms with Crippen molar-refractivity contribution in [3.05, 3.63) is 504 Å². The molecule has 148 heavy (non-hydrogen) atoms. The first-order valence-electron chi connectivity index (χ1n) is 47.5. The summed E-state index contributed by atoms with van der Waals surface area (Å²) in [5.41, 5.74) is 97.8. The number of anilines is 4. The van der Waals surface area contributed by atoms with Crippen molar-refractivity contribution in [1.82, 2.24) is 15.0 Å². The molecule has 0 saturated carbocycles. The van der Waals surface area contributed by atoms with Crippen molar-refractivity contribution in [2.75, 3.05) is 44.3 Å². The lowest BCUT2D eigenvalue weighted by atomic mass is 10.1. The summed E-state index contributed by atoms with van der Waals surface area (Å²) < 4.78 is 65.5. The Kier molecular flexibility index (Phi) is 68.8. The van der Waals surface area contributed by atoms with E-state index in [9.17, 15) is 17.6 Å². The highest BCUT2D eigenvalue weighted by atomic mass is 35.5. The third-order valence-corrected chi connectivity index (χ3v) is 22.3. The fourth-order valence-corrected chi connectivity index (χ4v) is 12.7. The summed E-state index contributed by atoms with van der Waals surface area (Å²) in [7, 11) is 4.99. The molecule has 3 heterocycles. The first kappa shape index (κ1) is 132. The molecule has 0 saturated heterocycles. The molecule has 19 nitrogen and oxygen atoms in total. The molecule has 16 rings (SSSR count). The van der Waals surface area contributed by atoms with E-state index in [2.05, 4.69) is 91.2 Å². The van der Waals surface area contributed by atoms with E-state index in [0.717, 1.165) is 88.8 Å². The molecule has 13 aromatic carbocycles. The number of nitrogens with zero attached hydrogens (tertiary/aromatic N) is 3. The Morgan fingerprint density at radius 1 is 0.257 bits per heavy atom. The van der Waals surface area contributed by atoms with Crippen LogP contribution in [0.2, 0.25) is 20.1 Å². The van der Waals surface area contributed by atoms with Gasteiger partial charge < -0.3 is 88.7 Å². The number of aryl methyl sites for hydroxylation is 15. The number of rotatable bonds is 12. The van der Waals surface area contributed by atoms with Crippen LogP contribution >= 0.6 is 46.4 Å².